The van der Waals surface area contributed by atoms with Crippen molar-refractivity contribution in [2.24, 2.45) is 11.1 Å². The molecule has 6 nitrogen and oxygen atoms in total. The zero-order chi connectivity index (χ0) is 28.7. The van der Waals surface area contributed by atoms with Crippen LogP contribution in [0, 0.1) is 17.0 Å². The number of primary amides is 1. The second-order valence-electron chi connectivity index (χ2n) is 10.5. The van der Waals surface area contributed by atoms with Gasteiger partial charge in [-0.3, -0.25) is 4.90 Å². The molecular weight excluding hydrogens is 517 g/mol. The molecule has 210 valence electrons. The number of carbonyl (C=O) groups is 1. The van der Waals surface area contributed by atoms with Gasteiger partial charge in [-0.05, 0) is 43.9 Å². The highest BCUT2D eigenvalue weighted by molar-refractivity contribution is 5.88. The molecule has 0 radical (unpaired) electrons. The van der Waals surface area contributed by atoms with Crippen molar-refractivity contribution in [1.82, 2.24) is 14.7 Å². The van der Waals surface area contributed by atoms with E-state index in [1.54, 1.807) is 9.58 Å². The third-order valence-electron chi connectivity index (χ3n) is 7.25. The number of rotatable bonds is 7. The quantitative estimate of drug-likeness (QED) is 0.336. The number of hydrogen-bond donors (Lipinski definition) is 2. The highest BCUT2D eigenvalue weighted by Gasteiger charge is 2.48. The van der Waals surface area contributed by atoms with E-state index in [4.69, 9.17) is 10.8 Å². The van der Waals surface area contributed by atoms with Gasteiger partial charge in [-0.15, -0.1) is 0 Å². The Balaban J connectivity index is 1.93. The van der Waals surface area contributed by atoms with E-state index in [2.05, 4.69) is 5.32 Å². The molecule has 11 heteroatoms. The SMILES string of the molecule is CCc1cccc(CC)c1-n1nc2c(c1-c1cc(F)c(NC(N)=O)cc1F)CN(CC(C)(C)C(F)(F)F)CC2. The van der Waals surface area contributed by atoms with Gasteiger partial charge in [0.1, 0.15) is 11.6 Å². The number of aryl methyl sites for hydroxylation is 2. The molecule has 4 rings (SSSR count). The lowest BCUT2D eigenvalue weighted by Gasteiger charge is -2.36. The van der Waals surface area contributed by atoms with Crippen molar-refractivity contribution in [3.05, 3.63) is 64.4 Å². The molecular formula is C28H32F5N5O. The van der Waals surface area contributed by atoms with Crippen LogP contribution in [0.2, 0.25) is 0 Å². The summed E-state index contributed by atoms with van der Waals surface area (Å²) in [5, 5.41) is 6.89. The minimum atomic E-state index is -4.41. The van der Waals surface area contributed by atoms with Crippen molar-refractivity contribution < 1.29 is 26.7 Å². The number of urea groups is 1. The van der Waals surface area contributed by atoms with Gasteiger partial charge < -0.3 is 11.1 Å². The number of fused-ring (bicyclic) bond motifs is 1. The van der Waals surface area contributed by atoms with Gasteiger partial charge in [0.25, 0.3) is 0 Å². The first-order valence-corrected chi connectivity index (χ1v) is 12.8. The molecule has 0 bridgehead atoms. The molecule has 3 aromatic rings. The second-order valence-corrected chi connectivity index (χ2v) is 10.5. The average Bonchev–Trinajstić information content (AvgIpc) is 3.22. The van der Waals surface area contributed by atoms with E-state index in [0.29, 0.717) is 37.1 Å². The van der Waals surface area contributed by atoms with E-state index in [1.165, 1.54) is 0 Å². The molecule has 39 heavy (non-hydrogen) atoms. The molecule has 2 heterocycles. The van der Waals surface area contributed by atoms with Gasteiger partial charge >= 0.3 is 12.2 Å². The molecule has 0 saturated heterocycles. The highest BCUT2D eigenvalue weighted by Crippen LogP contribution is 2.41. The number of amides is 2. The Kier molecular flexibility index (Phi) is 7.75. The van der Waals surface area contributed by atoms with Crippen LogP contribution in [0.3, 0.4) is 0 Å². The van der Waals surface area contributed by atoms with E-state index < -0.39 is 34.9 Å². The van der Waals surface area contributed by atoms with E-state index in [9.17, 15) is 18.0 Å². The van der Waals surface area contributed by atoms with Crippen molar-refractivity contribution in [1.29, 1.82) is 0 Å². The number of benzene rings is 2. The first kappa shape index (κ1) is 28.5. The topological polar surface area (TPSA) is 76.2 Å². The summed E-state index contributed by atoms with van der Waals surface area (Å²) in [7, 11) is 0. The zero-order valence-corrected chi connectivity index (χ0v) is 22.3. The smallest absolute Gasteiger partial charge is 0.351 e. The normalized spacial score (nSPS) is 14.4. The van der Waals surface area contributed by atoms with Crippen LogP contribution in [-0.2, 0) is 25.8 Å². The number of aromatic nitrogens is 2. The maximum absolute atomic E-state index is 15.6. The van der Waals surface area contributed by atoms with Gasteiger partial charge in [-0.2, -0.15) is 18.3 Å². The third-order valence-corrected chi connectivity index (χ3v) is 7.25. The standard InChI is InChI=1S/C28H32F5N5O/c1-5-16-8-7-9-17(6-2)24(16)38-25(18-12-21(30)23(13-20(18)29)35-26(34)39)19-14-37(11-10-22(19)36-38)15-27(3,4)28(31,32)33/h7-9,12-13H,5-6,10-11,14-15H2,1-4H3,(H3,34,35,39). The van der Waals surface area contributed by atoms with Crippen LogP contribution in [0.1, 0.15) is 50.1 Å². The van der Waals surface area contributed by atoms with Crippen molar-refractivity contribution in [3.63, 3.8) is 0 Å². The fraction of sp³-hybridized carbons (Fsp3) is 0.429. The summed E-state index contributed by atoms with van der Waals surface area (Å²) in [6.07, 6.45) is -2.76. The van der Waals surface area contributed by atoms with Crippen LogP contribution < -0.4 is 11.1 Å². The van der Waals surface area contributed by atoms with Crippen LogP contribution in [0.4, 0.5) is 32.4 Å². The summed E-state index contributed by atoms with van der Waals surface area (Å²) in [6.45, 7) is 6.43. The number of carbonyl (C=O) groups excluding carboxylic acids is 1. The number of hydrogen-bond acceptors (Lipinski definition) is 3. The van der Waals surface area contributed by atoms with Gasteiger partial charge in [-0.25, -0.2) is 18.3 Å². The Morgan fingerprint density at radius 2 is 1.72 bits per heavy atom. The first-order valence-electron chi connectivity index (χ1n) is 12.8. The van der Waals surface area contributed by atoms with E-state index in [0.717, 1.165) is 42.8 Å². The Bertz CT molecular complexity index is 1370. The Labute approximate surface area is 224 Å². The number of nitrogens with zero attached hydrogens (tertiary/aromatic N) is 3. The molecule has 1 aliphatic rings. The van der Waals surface area contributed by atoms with Crippen molar-refractivity contribution in [2.75, 3.05) is 18.4 Å². The van der Waals surface area contributed by atoms with Crippen LogP contribution in [0.25, 0.3) is 16.9 Å². The number of para-hydroxylation sites is 1. The molecule has 2 aromatic carbocycles. The Morgan fingerprint density at radius 3 is 2.28 bits per heavy atom. The fourth-order valence-corrected chi connectivity index (χ4v) is 5.10. The maximum atomic E-state index is 15.6. The van der Waals surface area contributed by atoms with Crippen LogP contribution >= 0.6 is 0 Å². The fourth-order valence-electron chi connectivity index (χ4n) is 5.10. The minimum absolute atomic E-state index is 0.0856. The van der Waals surface area contributed by atoms with Gasteiger partial charge in [0.05, 0.1) is 28.2 Å². The molecule has 1 aromatic heterocycles. The predicted molar refractivity (Wildman–Crippen MR) is 140 cm³/mol. The van der Waals surface area contributed by atoms with Crippen LogP contribution in [0.15, 0.2) is 30.3 Å². The summed E-state index contributed by atoms with van der Waals surface area (Å²) >= 11 is 0. The van der Waals surface area contributed by atoms with Gasteiger partial charge in [0, 0.05) is 43.2 Å². The zero-order valence-electron chi connectivity index (χ0n) is 22.3. The van der Waals surface area contributed by atoms with Crippen molar-refractivity contribution in [3.8, 4) is 16.9 Å². The minimum Gasteiger partial charge on any atom is -0.351 e. The molecule has 0 atom stereocenters. The summed E-state index contributed by atoms with van der Waals surface area (Å²) in [4.78, 5) is 12.9. The maximum Gasteiger partial charge on any atom is 0.395 e. The van der Waals surface area contributed by atoms with Gasteiger partial charge in [-0.1, -0.05) is 32.0 Å². The number of alkyl halides is 3. The molecule has 3 N–H and O–H groups in total. The van der Waals surface area contributed by atoms with Crippen molar-refractivity contribution >= 4 is 11.7 Å². The molecule has 0 fully saturated rings. The van der Waals surface area contributed by atoms with E-state index in [-0.39, 0.29) is 24.3 Å². The van der Waals surface area contributed by atoms with E-state index in [1.807, 2.05) is 32.0 Å². The lowest BCUT2D eigenvalue weighted by Crippen LogP contribution is -2.45. The molecule has 2 amide bonds. The molecule has 0 saturated carbocycles. The lowest BCUT2D eigenvalue weighted by molar-refractivity contribution is -0.217. The average molecular weight is 550 g/mol. The van der Waals surface area contributed by atoms with Crippen LogP contribution in [0.5, 0.6) is 0 Å². The monoisotopic (exact) mass is 549 g/mol. The summed E-state index contributed by atoms with van der Waals surface area (Å²) < 4.78 is 73.3. The molecule has 0 spiro atoms. The summed E-state index contributed by atoms with van der Waals surface area (Å²) in [6, 6.07) is 6.57. The summed E-state index contributed by atoms with van der Waals surface area (Å²) in [5.41, 5.74) is 6.67. The largest absolute Gasteiger partial charge is 0.395 e. The van der Waals surface area contributed by atoms with Gasteiger partial charge in [0.15, 0.2) is 0 Å². The van der Waals surface area contributed by atoms with Crippen molar-refractivity contribution in [2.45, 2.75) is 59.7 Å². The van der Waals surface area contributed by atoms with E-state index >= 15 is 8.78 Å². The molecule has 0 aliphatic carbocycles. The number of halogens is 5. The highest BCUT2D eigenvalue weighted by atomic mass is 19.4. The second kappa shape index (κ2) is 10.6. The van der Waals surface area contributed by atoms with Gasteiger partial charge in [0.2, 0.25) is 0 Å². The number of nitrogens with one attached hydrogen (secondary N) is 1. The number of anilines is 1. The first-order chi connectivity index (χ1) is 18.3. The lowest BCUT2D eigenvalue weighted by atomic mass is 9.90. The molecule has 0 unspecified atom stereocenters. The third kappa shape index (κ3) is 5.50. The predicted octanol–water partition coefficient (Wildman–Crippen LogP) is 6.38. The molecule has 1 aliphatic heterocycles. The Morgan fingerprint density at radius 1 is 1.08 bits per heavy atom. The summed E-state index contributed by atoms with van der Waals surface area (Å²) in [5.74, 6) is -1.74. The number of nitrogens with two attached hydrogens (primary N) is 1. The van der Waals surface area contributed by atoms with Crippen LogP contribution in [-0.4, -0.2) is 40.0 Å². The Hall–Kier alpha value is -3.47.